The summed E-state index contributed by atoms with van der Waals surface area (Å²) < 4.78 is 27.2. The molecular formula is C11H11ClF2. The summed E-state index contributed by atoms with van der Waals surface area (Å²) >= 11 is 5.98. The van der Waals surface area contributed by atoms with E-state index in [1.807, 2.05) is 6.92 Å². The summed E-state index contributed by atoms with van der Waals surface area (Å²) in [7, 11) is 0. The highest BCUT2D eigenvalue weighted by molar-refractivity contribution is 6.21. The van der Waals surface area contributed by atoms with Crippen molar-refractivity contribution in [2.75, 3.05) is 0 Å². The van der Waals surface area contributed by atoms with Gasteiger partial charge in [-0.15, -0.1) is 11.6 Å². The molecule has 0 saturated heterocycles. The van der Waals surface area contributed by atoms with Crippen LogP contribution in [0.4, 0.5) is 8.78 Å². The van der Waals surface area contributed by atoms with Crippen LogP contribution in [0.1, 0.15) is 41.3 Å². The van der Waals surface area contributed by atoms with Crippen LogP contribution in [0.3, 0.4) is 0 Å². The predicted molar refractivity (Wildman–Crippen MR) is 52.7 cm³/mol. The van der Waals surface area contributed by atoms with Crippen LogP contribution in [-0.4, -0.2) is 0 Å². The molecule has 0 heterocycles. The van der Waals surface area contributed by atoms with Gasteiger partial charge in [0.1, 0.15) is 11.6 Å². The first-order chi connectivity index (χ1) is 6.52. The standard InChI is InChI=1S/C11H11ClF2/c1-5-3-7(12)10-9(5)8(13)4-6(2)11(10)14/h4-5,7H,3H2,1-2H3. The summed E-state index contributed by atoms with van der Waals surface area (Å²) in [5, 5.41) is -0.380. The van der Waals surface area contributed by atoms with Gasteiger partial charge < -0.3 is 0 Å². The van der Waals surface area contributed by atoms with Crippen LogP contribution in [-0.2, 0) is 0 Å². The minimum absolute atomic E-state index is 0.0163. The van der Waals surface area contributed by atoms with Crippen molar-refractivity contribution in [1.82, 2.24) is 0 Å². The summed E-state index contributed by atoms with van der Waals surface area (Å²) in [6.45, 7) is 3.43. The summed E-state index contributed by atoms with van der Waals surface area (Å²) in [4.78, 5) is 0. The van der Waals surface area contributed by atoms with Crippen LogP contribution >= 0.6 is 11.6 Å². The van der Waals surface area contributed by atoms with Gasteiger partial charge in [-0.05, 0) is 36.5 Å². The first kappa shape index (κ1) is 9.91. The number of aryl methyl sites for hydroxylation is 1. The molecular weight excluding hydrogens is 206 g/mol. The summed E-state index contributed by atoms with van der Waals surface area (Å²) in [6, 6.07) is 1.25. The first-order valence-electron chi connectivity index (χ1n) is 4.64. The van der Waals surface area contributed by atoms with Gasteiger partial charge in [-0.25, -0.2) is 8.78 Å². The molecule has 1 aliphatic carbocycles. The van der Waals surface area contributed by atoms with E-state index in [0.717, 1.165) is 0 Å². The van der Waals surface area contributed by atoms with Gasteiger partial charge in [0.15, 0.2) is 0 Å². The zero-order valence-corrected chi connectivity index (χ0v) is 8.83. The molecule has 3 heteroatoms. The maximum Gasteiger partial charge on any atom is 0.131 e. The van der Waals surface area contributed by atoms with Crippen molar-refractivity contribution in [3.63, 3.8) is 0 Å². The average molecular weight is 217 g/mol. The summed E-state index contributed by atoms with van der Waals surface area (Å²) in [5.41, 5.74) is 1.17. The molecule has 0 aliphatic heterocycles. The van der Waals surface area contributed by atoms with Crippen LogP contribution in [0.5, 0.6) is 0 Å². The zero-order valence-electron chi connectivity index (χ0n) is 8.07. The normalized spacial score (nSPS) is 25.2. The lowest BCUT2D eigenvalue weighted by molar-refractivity contribution is 0.571. The molecule has 0 aromatic heterocycles. The van der Waals surface area contributed by atoms with E-state index in [2.05, 4.69) is 0 Å². The van der Waals surface area contributed by atoms with Crippen molar-refractivity contribution in [2.24, 2.45) is 0 Å². The molecule has 0 bridgehead atoms. The number of hydrogen-bond acceptors (Lipinski definition) is 0. The highest BCUT2D eigenvalue weighted by Crippen LogP contribution is 2.46. The molecule has 1 aliphatic rings. The quantitative estimate of drug-likeness (QED) is 0.574. The molecule has 2 unspecified atom stereocenters. The van der Waals surface area contributed by atoms with Crippen LogP contribution in [0, 0.1) is 18.6 Å². The van der Waals surface area contributed by atoms with E-state index < -0.39 is 0 Å². The Morgan fingerprint density at radius 1 is 1.36 bits per heavy atom. The second kappa shape index (κ2) is 3.20. The Labute approximate surface area is 86.9 Å². The van der Waals surface area contributed by atoms with Gasteiger partial charge in [-0.1, -0.05) is 6.92 Å². The highest BCUT2D eigenvalue weighted by atomic mass is 35.5. The van der Waals surface area contributed by atoms with Crippen molar-refractivity contribution < 1.29 is 8.78 Å². The van der Waals surface area contributed by atoms with E-state index in [1.54, 1.807) is 6.92 Å². The Bertz CT molecular complexity index is 387. The van der Waals surface area contributed by atoms with Gasteiger partial charge in [-0.3, -0.25) is 0 Å². The molecule has 0 nitrogen and oxygen atoms in total. The molecule has 2 atom stereocenters. The first-order valence-corrected chi connectivity index (χ1v) is 5.08. The number of halogens is 3. The molecule has 0 fully saturated rings. The minimum atomic E-state index is -0.380. The largest absolute Gasteiger partial charge is 0.207 e. The zero-order chi connectivity index (χ0) is 10.5. The van der Waals surface area contributed by atoms with Crippen molar-refractivity contribution in [3.8, 4) is 0 Å². The van der Waals surface area contributed by atoms with Crippen LogP contribution in [0.15, 0.2) is 6.07 Å². The lowest BCUT2D eigenvalue weighted by Crippen LogP contribution is -1.99. The molecule has 0 amide bonds. The van der Waals surface area contributed by atoms with E-state index in [0.29, 0.717) is 23.1 Å². The van der Waals surface area contributed by atoms with Gasteiger partial charge in [0.25, 0.3) is 0 Å². The topological polar surface area (TPSA) is 0 Å². The van der Waals surface area contributed by atoms with Crippen molar-refractivity contribution in [2.45, 2.75) is 31.6 Å². The Morgan fingerprint density at radius 2 is 2.00 bits per heavy atom. The van der Waals surface area contributed by atoms with E-state index in [-0.39, 0.29) is 22.9 Å². The summed E-state index contributed by atoms with van der Waals surface area (Å²) in [6.07, 6.45) is 0.619. The smallest absolute Gasteiger partial charge is 0.131 e. The SMILES string of the molecule is Cc1cc(F)c2c(c1F)C(Cl)CC2C. The monoisotopic (exact) mass is 216 g/mol. The van der Waals surface area contributed by atoms with E-state index in [9.17, 15) is 8.78 Å². The van der Waals surface area contributed by atoms with E-state index in [4.69, 9.17) is 11.6 Å². The number of fused-ring (bicyclic) bond motifs is 1. The summed E-state index contributed by atoms with van der Waals surface area (Å²) in [5.74, 6) is -0.650. The molecule has 0 N–H and O–H groups in total. The number of benzene rings is 1. The maximum atomic E-state index is 13.7. The lowest BCUT2D eigenvalue weighted by Gasteiger charge is -2.09. The third-order valence-electron chi connectivity index (χ3n) is 2.84. The third-order valence-corrected chi connectivity index (χ3v) is 3.24. The molecule has 1 aromatic carbocycles. The number of alkyl halides is 1. The second-order valence-electron chi connectivity index (χ2n) is 3.92. The van der Waals surface area contributed by atoms with Crippen LogP contribution in [0.2, 0.25) is 0 Å². The van der Waals surface area contributed by atoms with Crippen molar-refractivity contribution in [3.05, 3.63) is 34.4 Å². The van der Waals surface area contributed by atoms with Crippen molar-refractivity contribution >= 4 is 11.6 Å². The van der Waals surface area contributed by atoms with Gasteiger partial charge in [0, 0.05) is 5.56 Å². The fourth-order valence-electron chi connectivity index (χ4n) is 2.14. The minimum Gasteiger partial charge on any atom is -0.207 e. The van der Waals surface area contributed by atoms with Gasteiger partial charge in [-0.2, -0.15) is 0 Å². The maximum absolute atomic E-state index is 13.7. The van der Waals surface area contributed by atoms with Gasteiger partial charge >= 0.3 is 0 Å². The van der Waals surface area contributed by atoms with Crippen LogP contribution < -0.4 is 0 Å². The molecule has 0 saturated carbocycles. The number of hydrogen-bond donors (Lipinski definition) is 0. The molecule has 14 heavy (non-hydrogen) atoms. The van der Waals surface area contributed by atoms with E-state index >= 15 is 0 Å². The fraction of sp³-hybridized carbons (Fsp3) is 0.455. The molecule has 1 aromatic rings. The van der Waals surface area contributed by atoms with Crippen molar-refractivity contribution in [1.29, 1.82) is 0 Å². The Kier molecular flexibility index (Phi) is 2.26. The molecule has 2 rings (SSSR count). The second-order valence-corrected chi connectivity index (χ2v) is 4.45. The number of rotatable bonds is 0. The van der Waals surface area contributed by atoms with Gasteiger partial charge in [0.05, 0.1) is 5.38 Å². The Hall–Kier alpha value is -0.630. The van der Waals surface area contributed by atoms with Crippen LogP contribution in [0.25, 0.3) is 0 Å². The third kappa shape index (κ3) is 1.24. The Balaban J connectivity index is 2.72. The molecule has 0 spiro atoms. The Morgan fingerprint density at radius 3 is 2.64 bits per heavy atom. The average Bonchev–Trinajstić information content (AvgIpc) is 2.38. The predicted octanol–water partition coefficient (Wildman–Crippen LogP) is 4.06. The fourth-order valence-corrected chi connectivity index (χ4v) is 2.62. The lowest BCUT2D eigenvalue weighted by atomic mass is 10.0. The molecule has 76 valence electrons. The molecule has 0 radical (unpaired) electrons. The van der Waals surface area contributed by atoms with Gasteiger partial charge in [0.2, 0.25) is 0 Å². The van der Waals surface area contributed by atoms with E-state index in [1.165, 1.54) is 6.07 Å². The highest BCUT2D eigenvalue weighted by Gasteiger charge is 2.33.